The summed E-state index contributed by atoms with van der Waals surface area (Å²) in [5.74, 6) is -2.62. The van der Waals surface area contributed by atoms with Gasteiger partial charge in [-0.15, -0.1) is 0 Å². The Labute approximate surface area is 205 Å². The first-order chi connectivity index (χ1) is 16.4. The number of rotatable bonds is 5. The second kappa shape index (κ2) is 9.23. The van der Waals surface area contributed by atoms with Crippen LogP contribution in [0, 0.1) is 5.82 Å². The molecule has 4 rings (SSSR count). The molecule has 2 aliphatic heterocycles. The minimum atomic E-state index is -4.78. The Bertz CT molecular complexity index is 1170. The van der Waals surface area contributed by atoms with Crippen LogP contribution in [0.1, 0.15) is 23.6 Å². The van der Waals surface area contributed by atoms with E-state index in [1.54, 1.807) is 18.2 Å². The number of carbonyl (C=O) groups excluding carboxylic acids is 3. The van der Waals surface area contributed by atoms with Gasteiger partial charge in [0.05, 0.1) is 6.61 Å². The lowest BCUT2D eigenvalue weighted by molar-refractivity contribution is -0.187. The fourth-order valence-electron chi connectivity index (χ4n) is 4.03. The molecule has 0 radical (unpaired) electrons. The van der Waals surface area contributed by atoms with E-state index in [4.69, 9.17) is 9.47 Å². The highest BCUT2D eigenvalue weighted by molar-refractivity contribution is 9.10. The summed E-state index contributed by atoms with van der Waals surface area (Å²) in [5.41, 5.74) is -0.623. The molecule has 35 heavy (non-hydrogen) atoms. The topological polar surface area (TPSA) is 76.2 Å². The Morgan fingerprint density at radius 2 is 1.89 bits per heavy atom. The van der Waals surface area contributed by atoms with E-state index in [2.05, 4.69) is 15.9 Å². The number of carbonyl (C=O) groups is 3. The molecule has 0 saturated carbocycles. The molecule has 1 spiro atoms. The molecule has 2 aromatic carbocycles. The maximum absolute atomic E-state index is 13.5. The Kier molecular flexibility index (Phi) is 6.62. The zero-order valence-corrected chi connectivity index (χ0v) is 19.9. The van der Waals surface area contributed by atoms with E-state index < -0.39 is 54.6 Å². The van der Waals surface area contributed by atoms with Crippen molar-refractivity contribution in [2.75, 3.05) is 13.2 Å². The molecule has 0 bridgehead atoms. The van der Waals surface area contributed by atoms with E-state index in [1.165, 1.54) is 12.1 Å². The summed E-state index contributed by atoms with van der Waals surface area (Å²) in [6, 6.07) is 7.30. The SMILES string of the molecule is C[C@H](N(Cc1ccc(F)cc1)C(=O)CN1C(=O)OC2(COCc3cc(Br)ccc32)C1=O)C(F)(F)F. The maximum Gasteiger partial charge on any atom is 0.418 e. The van der Waals surface area contributed by atoms with Gasteiger partial charge in [0.2, 0.25) is 11.5 Å². The van der Waals surface area contributed by atoms with E-state index >= 15 is 0 Å². The molecule has 2 heterocycles. The van der Waals surface area contributed by atoms with Crippen LogP contribution in [0.2, 0.25) is 0 Å². The average Bonchev–Trinajstić information content (AvgIpc) is 3.02. The van der Waals surface area contributed by atoms with Crippen LogP contribution in [0.5, 0.6) is 0 Å². The highest BCUT2D eigenvalue weighted by atomic mass is 79.9. The number of alkyl halides is 3. The molecule has 0 aliphatic carbocycles. The van der Waals surface area contributed by atoms with Gasteiger partial charge < -0.3 is 14.4 Å². The van der Waals surface area contributed by atoms with E-state index in [0.29, 0.717) is 25.4 Å². The van der Waals surface area contributed by atoms with Crippen LogP contribution in [0.25, 0.3) is 0 Å². The average molecular weight is 559 g/mol. The van der Waals surface area contributed by atoms with Gasteiger partial charge in [-0.25, -0.2) is 14.1 Å². The number of nitrogens with zero attached hydrogens (tertiary/aromatic N) is 2. The summed E-state index contributed by atoms with van der Waals surface area (Å²) in [6.07, 6.45) is -5.94. The Hall–Kier alpha value is -2.99. The van der Waals surface area contributed by atoms with Crippen LogP contribution in [0.4, 0.5) is 22.4 Å². The standard InChI is InChI=1S/C23H19BrF4N2O5/c1-13(23(26,27)28)29(9-14-2-5-17(25)6-3-14)19(31)10-30-20(32)22(35-21(30)33)12-34-11-15-8-16(24)4-7-18(15)22/h2-8,13H,9-12H2,1H3/t13-,22?/m0/s1. The molecule has 2 aliphatic rings. The lowest BCUT2D eigenvalue weighted by atomic mass is 9.88. The van der Waals surface area contributed by atoms with Crippen LogP contribution < -0.4 is 0 Å². The van der Waals surface area contributed by atoms with E-state index in [1.807, 2.05) is 0 Å². The predicted octanol–water partition coefficient (Wildman–Crippen LogP) is 4.27. The molecule has 0 N–H and O–H groups in total. The number of benzene rings is 2. The zero-order chi connectivity index (χ0) is 25.5. The first-order valence-electron chi connectivity index (χ1n) is 10.4. The summed E-state index contributed by atoms with van der Waals surface area (Å²) in [7, 11) is 0. The molecule has 1 unspecified atom stereocenters. The van der Waals surface area contributed by atoms with Gasteiger partial charge in [-0.1, -0.05) is 34.1 Å². The van der Waals surface area contributed by atoms with E-state index in [-0.39, 0.29) is 18.8 Å². The summed E-state index contributed by atoms with van der Waals surface area (Å²) in [5, 5.41) is 0. The quantitative estimate of drug-likeness (QED) is 0.512. The fraction of sp³-hybridized carbons (Fsp3) is 0.348. The number of amides is 3. The lowest BCUT2D eigenvalue weighted by Crippen LogP contribution is -2.52. The van der Waals surface area contributed by atoms with Gasteiger partial charge in [0.15, 0.2) is 0 Å². The third kappa shape index (κ3) is 4.76. The summed E-state index contributed by atoms with van der Waals surface area (Å²) in [4.78, 5) is 40.0. The van der Waals surface area contributed by atoms with Crippen molar-refractivity contribution in [1.29, 1.82) is 0 Å². The number of hydrogen-bond acceptors (Lipinski definition) is 5. The minimum absolute atomic E-state index is 0.162. The molecular formula is C23H19BrF4N2O5. The first-order valence-corrected chi connectivity index (χ1v) is 11.2. The second-order valence-corrected chi connectivity index (χ2v) is 9.16. The fourth-order valence-corrected chi connectivity index (χ4v) is 4.44. The van der Waals surface area contributed by atoms with Crippen molar-refractivity contribution in [3.8, 4) is 0 Å². The highest BCUT2D eigenvalue weighted by Gasteiger charge is 2.58. The minimum Gasteiger partial charge on any atom is -0.425 e. The van der Waals surface area contributed by atoms with Gasteiger partial charge >= 0.3 is 12.3 Å². The molecule has 1 saturated heterocycles. The van der Waals surface area contributed by atoms with Crippen molar-refractivity contribution in [3.63, 3.8) is 0 Å². The Morgan fingerprint density at radius 1 is 1.20 bits per heavy atom. The third-order valence-electron chi connectivity index (χ3n) is 5.96. The predicted molar refractivity (Wildman–Crippen MR) is 116 cm³/mol. The maximum atomic E-state index is 13.5. The third-order valence-corrected chi connectivity index (χ3v) is 6.45. The Balaban J connectivity index is 1.60. The molecular weight excluding hydrogens is 540 g/mol. The van der Waals surface area contributed by atoms with Gasteiger partial charge in [0.25, 0.3) is 5.91 Å². The first kappa shape index (κ1) is 25.1. The number of halogens is 5. The molecule has 2 atom stereocenters. The van der Waals surface area contributed by atoms with Crippen LogP contribution in [-0.2, 0) is 37.8 Å². The molecule has 7 nitrogen and oxygen atoms in total. The molecule has 0 aromatic heterocycles. The highest BCUT2D eigenvalue weighted by Crippen LogP contribution is 2.41. The zero-order valence-electron chi connectivity index (χ0n) is 18.3. The molecule has 3 amide bonds. The van der Waals surface area contributed by atoms with Crippen molar-refractivity contribution >= 4 is 33.8 Å². The summed E-state index contributed by atoms with van der Waals surface area (Å²) < 4.78 is 65.4. The van der Waals surface area contributed by atoms with Crippen LogP contribution in [-0.4, -0.2) is 53.1 Å². The van der Waals surface area contributed by atoms with Crippen molar-refractivity contribution in [3.05, 3.63) is 69.4 Å². The summed E-state index contributed by atoms with van der Waals surface area (Å²) >= 11 is 3.31. The van der Waals surface area contributed by atoms with Crippen LogP contribution in [0.3, 0.4) is 0 Å². The molecule has 1 fully saturated rings. The molecule has 2 aromatic rings. The number of hydrogen-bond donors (Lipinski definition) is 0. The van der Waals surface area contributed by atoms with Crippen molar-refractivity contribution in [2.45, 2.75) is 37.9 Å². The molecule has 12 heteroatoms. The second-order valence-electron chi connectivity index (χ2n) is 8.25. The van der Waals surface area contributed by atoms with Gasteiger partial charge in [0, 0.05) is 16.6 Å². The van der Waals surface area contributed by atoms with E-state index in [9.17, 15) is 31.9 Å². The number of imide groups is 1. The Morgan fingerprint density at radius 3 is 2.54 bits per heavy atom. The van der Waals surface area contributed by atoms with Crippen LogP contribution in [0.15, 0.2) is 46.9 Å². The molecule has 186 valence electrons. The van der Waals surface area contributed by atoms with Crippen molar-refractivity contribution in [2.24, 2.45) is 0 Å². The van der Waals surface area contributed by atoms with Gasteiger partial charge in [-0.3, -0.25) is 9.59 Å². The normalized spacial score (nSPS) is 20.6. The van der Waals surface area contributed by atoms with Crippen molar-refractivity contribution < 1.29 is 41.4 Å². The van der Waals surface area contributed by atoms with Crippen LogP contribution >= 0.6 is 15.9 Å². The van der Waals surface area contributed by atoms with Gasteiger partial charge in [-0.05, 0) is 42.3 Å². The number of ether oxygens (including phenoxy) is 2. The van der Waals surface area contributed by atoms with Gasteiger partial charge in [0.1, 0.15) is 25.0 Å². The monoisotopic (exact) mass is 558 g/mol. The van der Waals surface area contributed by atoms with E-state index in [0.717, 1.165) is 19.1 Å². The van der Waals surface area contributed by atoms with Crippen molar-refractivity contribution in [1.82, 2.24) is 9.80 Å². The van der Waals surface area contributed by atoms with Gasteiger partial charge in [-0.2, -0.15) is 13.2 Å². The summed E-state index contributed by atoms with van der Waals surface area (Å²) in [6.45, 7) is -0.824. The number of fused-ring (bicyclic) bond motifs is 2. The lowest BCUT2D eigenvalue weighted by Gasteiger charge is -2.32. The largest absolute Gasteiger partial charge is 0.425 e. The smallest absolute Gasteiger partial charge is 0.418 e.